The first-order valence-electron chi connectivity index (χ1n) is 5.46. The van der Waals surface area contributed by atoms with Crippen molar-refractivity contribution in [2.45, 2.75) is 33.3 Å². The Morgan fingerprint density at radius 2 is 2.06 bits per heavy atom. The minimum absolute atomic E-state index is 0.482. The van der Waals surface area contributed by atoms with E-state index in [4.69, 9.17) is 4.74 Å². The summed E-state index contributed by atoms with van der Waals surface area (Å²) >= 11 is 0. The van der Waals surface area contributed by atoms with E-state index in [1.807, 2.05) is 34.7 Å². The third kappa shape index (κ3) is 4.30. The van der Waals surface area contributed by atoms with Crippen molar-refractivity contribution in [1.29, 1.82) is 0 Å². The summed E-state index contributed by atoms with van der Waals surface area (Å²) in [5, 5.41) is 5.60. The van der Waals surface area contributed by atoms with Crippen LogP contribution in [0.25, 0.3) is 0 Å². The van der Waals surface area contributed by atoms with Gasteiger partial charge in [0.2, 0.25) is 0 Å². The smallest absolute Gasteiger partial charge is 0.413 e. The van der Waals surface area contributed by atoms with Crippen molar-refractivity contribution in [3.63, 3.8) is 0 Å². The molecule has 0 aliphatic heterocycles. The minimum Gasteiger partial charge on any atom is -0.444 e. The van der Waals surface area contributed by atoms with Crippen LogP contribution in [0.5, 0.6) is 0 Å². The fourth-order valence-corrected chi connectivity index (χ4v) is 1.29. The molecule has 0 aromatic carbocycles. The van der Waals surface area contributed by atoms with Crippen LogP contribution in [0.3, 0.4) is 0 Å². The SMILES string of the molecule is CNc1cnc(NC(=O)OC(C)(C)C)cc1C. The summed E-state index contributed by atoms with van der Waals surface area (Å²) in [5.74, 6) is 0.482. The molecule has 2 N–H and O–H groups in total. The molecule has 0 bridgehead atoms. The quantitative estimate of drug-likeness (QED) is 0.830. The summed E-state index contributed by atoms with van der Waals surface area (Å²) < 4.78 is 5.13. The van der Waals surface area contributed by atoms with Crippen LogP contribution in [-0.2, 0) is 4.74 Å². The third-order valence-corrected chi connectivity index (χ3v) is 2.01. The molecular formula is C12H19N3O2. The van der Waals surface area contributed by atoms with Gasteiger partial charge in [0.1, 0.15) is 11.4 Å². The van der Waals surface area contributed by atoms with Crippen LogP contribution in [0, 0.1) is 6.92 Å². The van der Waals surface area contributed by atoms with Crippen molar-refractivity contribution in [3.8, 4) is 0 Å². The highest BCUT2D eigenvalue weighted by Gasteiger charge is 2.16. The fourth-order valence-electron chi connectivity index (χ4n) is 1.29. The van der Waals surface area contributed by atoms with Gasteiger partial charge in [-0.25, -0.2) is 9.78 Å². The number of hydrogen-bond donors (Lipinski definition) is 2. The number of carbonyl (C=O) groups is 1. The molecule has 0 aliphatic rings. The van der Waals surface area contributed by atoms with Crippen molar-refractivity contribution < 1.29 is 9.53 Å². The number of pyridine rings is 1. The highest BCUT2D eigenvalue weighted by Crippen LogP contribution is 2.16. The summed E-state index contributed by atoms with van der Waals surface area (Å²) in [4.78, 5) is 15.6. The van der Waals surface area contributed by atoms with E-state index in [0.717, 1.165) is 11.3 Å². The number of aryl methyl sites for hydroxylation is 1. The molecule has 1 heterocycles. The second-order valence-corrected chi connectivity index (χ2v) is 4.76. The van der Waals surface area contributed by atoms with Crippen LogP contribution in [0.1, 0.15) is 26.3 Å². The van der Waals surface area contributed by atoms with Crippen molar-refractivity contribution in [1.82, 2.24) is 4.98 Å². The Morgan fingerprint density at radius 1 is 1.41 bits per heavy atom. The van der Waals surface area contributed by atoms with E-state index in [9.17, 15) is 4.79 Å². The van der Waals surface area contributed by atoms with Crippen LogP contribution >= 0.6 is 0 Å². The lowest BCUT2D eigenvalue weighted by Crippen LogP contribution is -2.27. The van der Waals surface area contributed by atoms with Crippen LogP contribution < -0.4 is 10.6 Å². The number of hydrogen-bond acceptors (Lipinski definition) is 4. The number of ether oxygens (including phenoxy) is 1. The average molecular weight is 237 g/mol. The van der Waals surface area contributed by atoms with Crippen molar-refractivity contribution in [3.05, 3.63) is 17.8 Å². The van der Waals surface area contributed by atoms with Crippen molar-refractivity contribution in [2.75, 3.05) is 17.7 Å². The van der Waals surface area contributed by atoms with Gasteiger partial charge in [0.15, 0.2) is 0 Å². The molecule has 0 saturated carbocycles. The van der Waals surface area contributed by atoms with Crippen LogP contribution in [0.4, 0.5) is 16.3 Å². The molecule has 5 nitrogen and oxygen atoms in total. The average Bonchev–Trinajstić information content (AvgIpc) is 2.14. The van der Waals surface area contributed by atoms with Gasteiger partial charge in [-0.1, -0.05) is 0 Å². The molecule has 1 aromatic heterocycles. The third-order valence-electron chi connectivity index (χ3n) is 2.01. The maximum absolute atomic E-state index is 11.5. The molecule has 1 amide bonds. The van der Waals surface area contributed by atoms with Gasteiger partial charge in [-0.3, -0.25) is 5.32 Å². The monoisotopic (exact) mass is 237 g/mol. The molecule has 94 valence electrons. The van der Waals surface area contributed by atoms with Crippen LogP contribution in [0.2, 0.25) is 0 Å². The summed E-state index contributed by atoms with van der Waals surface area (Å²) in [5.41, 5.74) is 1.43. The lowest BCUT2D eigenvalue weighted by atomic mass is 10.2. The number of anilines is 2. The molecule has 0 fully saturated rings. The molecule has 0 radical (unpaired) electrons. The molecule has 1 rings (SSSR count). The maximum atomic E-state index is 11.5. The number of nitrogens with zero attached hydrogens (tertiary/aromatic N) is 1. The van der Waals surface area contributed by atoms with E-state index in [0.29, 0.717) is 5.82 Å². The summed E-state index contributed by atoms with van der Waals surface area (Å²) in [6.45, 7) is 7.38. The standard InChI is InChI=1S/C12H19N3O2/c1-8-6-10(14-7-9(8)13-5)15-11(16)17-12(2,3)4/h6-7,13H,1-5H3,(H,14,15,16). The normalized spacial score (nSPS) is 10.9. The summed E-state index contributed by atoms with van der Waals surface area (Å²) in [6.07, 6.45) is 1.17. The molecule has 1 aromatic rings. The second-order valence-electron chi connectivity index (χ2n) is 4.76. The van der Waals surface area contributed by atoms with E-state index in [2.05, 4.69) is 15.6 Å². The van der Waals surface area contributed by atoms with Gasteiger partial charge in [0, 0.05) is 7.05 Å². The van der Waals surface area contributed by atoms with E-state index in [1.54, 1.807) is 12.3 Å². The summed E-state index contributed by atoms with van der Waals surface area (Å²) in [6, 6.07) is 1.79. The lowest BCUT2D eigenvalue weighted by Gasteiger charge is -2.19. The first kappa shape index (κ1) is 13.3. The minimum atomic E-state index is -0.510. The van der Waals surface area contributed by atoms with Gasteiger partial charge >= 0.3 is 6.09 Å². The molecule has 0 atom stereocenters. The van der Waals surface area contributed by atoms with Crippen molar-refractivity contribution in [2.24, 2.45) is 0 Å². The van der Waals surface area contributed by atoms with E-state index >= 15 is 0 Å². The van der Waals surface area contributed by atoms with Crippen LogP contribution in [0.15, 0.2) is 12.3 Å². The molecular weight excluding hydrogens is 218 g/mol. The number of aromatic nitrogens is 1. The number of amides is 1. The van der Waals surface area contributed by atoms with Gasteiger partial charge in [-0.15, -0.1) is 0 Å². The Labute approximate surface area is 102 Å². The Balaban J connectivity index is 2.69. The first-order valence-corrected chi connectivity index (χ1v) is 5.46. The molecule has 0 unspecified atom stereocenters. The van der Waals surface area contributed by atoms with Gasteiger partial charge < -0.3 is 10.1 Å². The second kappa shape index (κ2) is 5.03. The Hall–Kier alpha value is -1.78. The molecule has 5 heteroatoms. The predicted molar refractivity (Wildman–Crippen MR) is 68.4 cm³/mol. The molecule has 0 saturated heterocycles. The van der Waals surface area contributed by atoms with Gasteiger partial charge in [0.25, 0.3) is 0 Å². The number of nitrogens with one attached hydrogen (secondary N) is 2. The summed E-state index contributed by atoms with van der Waals surface area (Å²) in [7, 11) is 1.82. The zero-order valence-corrected chi connectivity index (χ0v) is 10.9. The van der Waals surface area contributed by atoms with E-state index in [-0.39, 0.29) is 0 Å². The molecule has 17 heavy (non-hydrogen) atoms. The van der Waals surface area contributed by atoms with Gasteiger partial charge in [0.05, 0.1) is 11.9 Å². The Kier molecular flexibility index (Phi) is 3.93. The number of rotatable bonds is 2. The largest absolute Gasteiger partial charge is 0.444 e. The van der Waals surface area contributed by atoms with Gasteiger partial charge in [-0.2, -0.15) is 0 Å². The molecule has 0 aliphatic carbocycles. The van der Waals surface area contributed by atoms with E-state index in [1.165, 1.54) is 0 Å². The number of carbonyl (C=O) groups excluding carboxylic acids is 1. The Bertz CT molecular complexity index is 411. The predicted octanol–water partition coefficient (Wildman–Crippen LogP) is 2.78. The first-order chi connectivity index (χ1) is 7.81. The highest BCUT2D eigenvalue weighted by molar-refractivity contribution is 5.84. The zero-order chi connectivity index (χ0) is 13.1. The Morgan fingerprint density at radius 3 is 2.53 bits per heavy atom. The lowest BCUT2D eigenvalue weighted by molar-refractivity contribution is 0.0635. The topological polar surface area (TPSA) is 63.2 Å². The van der Waals surface area contributed by atoms with Crippen molar-refractivity contribution >= 4 is 17.6 Å². The molecule has 0 spiro atoms. The van der Waals surface area contributed by atoms with Gasteiger partial charge in [-0.05, 0) is 39.3 Å². The van der Waals surface area contributed by atoms with E-state index < -0.39 is 11.7 Å². The highest BCUT2D eigenvalue weighted by atomic mass is 16.6. The zero-order valence-electron chi connectivity index (χ0n) is 10.9. The fraction of sp³-hybridized carbons (Fsp3) is 0.500. The van der Waals surface area contributed by atoms with Crippen LogP contribution in [-0.4, -0.2) is 23.7 Å². The maximum Gasteiger partial charge on any atom is 0.413 e.